The Labute approximate surface area is 119 Å². The van der Waals surface area contributed by atoms with Crippen molar-refractivity contribution in [2.75, 3.05) is 26.8 Å². The number of rotatable bonds is 5. The molecule has 3 rings (SSSR count). The molecule has 1 N–H and O–H groups in total. The monoisotopic (exact) mass is 281 g/mol. The quantitative estimate of drug-likeness (QED) is 0.899. The largest absolute Gasteiger partial charge is 0.493 e. The van der Waals surface area contributed by atoms with Crippen LogP contribution >= 0.6 is 11.6 Å². The molecule has 1 saturated carbocycles. The van der Waals surface area contributed by atoms with Gasteiger partial charge in [0, 0.05) is 6.54 Å². The third-order valence-electron chi connectivity index (χ3n) is 3.94. The smallest absolute Gasteiger partial charge is 0.179 e. The second-order valence-electron chi connectivity index (χ2n) is 5.48. The summed E-state index contributed by atoms with van der Waals surface area (Å²) in [5.74, 6) is 2.70. The molecule has 1 unspecified atom stereocenters. The minimum atomic E-state index is 0.531. The summed E-state index contributed by atoms with van der Waals surface area (Å²) in [5, 5.41) is 4.04. The normalized spacial score (nSPS) is 22.5. The van der Waals surface area contributed by atoms with Gasteiger partial charge >= 0.3 is 0 Å². The summed E-state index contributed by atoms with van der Waals surface area (Å²) < 4.78 is 11.3. The summed E-state index contributed by atoms with van der Waals surface area (Å²) in [6, 6.07) is 4.11. The van der Waals surface area contributed by atoms with Gasteiger partial charge in [-0.1, -0.05) is 11.6 Å². The predicted octanol–water partition coefficient (Wildman–Crippen LogP) is 3.21. The summed E-state index contributed by atoms with van der Waals surface area (Å²) in [6.07, 6.45) is 3.69. The molecule has 104 valence electrons. The van der Waals surface area contributed by atoms with Gasteiger partial charge in [-0.3, -0.25) is 0 Å². The zero-order valence-corrected chi connectivity index (χ0v) is 12.0. The van der Waals surface area contributed by atoms with Crippen molar-refractivity contribution in [2.45, 2.75) is 25.2 Å². The minimum absolute atomic E-state index is 0.531. The second-order valence-corrected chi connectivity index (χ2v) is 5.89. The van der Waals surface area contributed by atoms with Gasteiger partial charge in [0.1, 0.15) is 0 Å². The Morgan fingerprint density at radius 2 is 2.16 bits per heavy atom. The van der Waals surface area contributed by atoms with Crippen LogP contribution in [0.25, 0.3) is 0 Å². The molecule has 0 radical (unpaired) electrons. The van der Waals surface area contributed by atoms with Gasteiger partial charge in [-0.15, -0.1) is 0 Å². The first-order chi connectivity index (χ1) is 9.28. The summed E-state index contributed by atoms with van der Waals surface area (Å²) in [5.41, 5.74) is 1.24. The molecule has 0 aromatic heterocycles. The van der Waals surface area contributed by atoms with Gasteiger partial charge < -0.3 is 14.8 Å². The minimum Gasteiger partial charge on any atom is -0.493 e. The highest BCUT2D eigenvalue weighted by atomic mass is 35.5. The molecule has 1 aliphatic carbocycles. The van der Waals surface area contributed by atoms with E-state index in [1.807, 2.05) is 6.07 Å². The maximum absolute atomic E-state index is 6.37. The summed E-state index contributed by atoms with van der Waals surface area (Å²) in [6.45, 7) is 2.84. The molecule has 1 aliphatic heterocycles. The third kappa shape index (κ3) is 2.98. The molecule has 2 aliphatic rings. The molecule has 19 heavy (non-hydrogen) atoms. The van der Waals surface area contributed by atoms with E-state index in [1.165, 1.54) is 18.4 Å². The highest BCUT2D eigenvalue weighted by Gasteiger charge is 2.24. The Morgan fingerprint density at radius 3 is 2.79 bits per heavy atom. The van der Waals surface area contributed by atoms with E-state index in [0.29, 0.717) is 22.6 Å². The van der Waals surface area contributed by atoms with E-state index in [1.54, 1.807) is 7.11 Å². The SMILES string of the molecule is COc1cc(C2CCNC2)cc(Cl)c1OCC1CC1. The molecular formula is C15H20ClNO2. The lowest BCUT2D eigenvalue weighted by Crippen LogP contribution is -2.08. The molecule has 3 nitrogen and oxygen atoms in total. The molecule has 1 aromatic carbocycles. The topological polar surface area (TPSA) is 30.5 Å². The van der Waals surface area contributed by atoms with Crippen LogP contribution in [0.15, 0.2) is 12.1 Å². The molecule has 0 bridgehead atoms. The number of halogens is 1. The number of benzene rings is 1. The van der Waals surface area contributed by atoms with Crippen LogP contribution in [0.3, 0.4) is 0 Å². The van der Waals surface area contributed by atoms with Crippen molar-refractivity contribution in [2.24, 2.45) is 5.92 Å². The maximum Gasteiger partial charge on any atom is 0.179 e. The summed E-state index contributed by atoms with van der Waals surface area (Å²) in [7, 11) is 1.67. The highest BCUT2D eigenvalue weighted by molar-refractivity contribution is 6.32. The van der Waals surface area contributed by atoms with Crippen LogP contribution in [-0.2, 0) is 0 Å². The molecular weight excluding hydrogens is 262 g/mol. The van der Waals surface area contributed by atoms with Crippen molar-refractivity contribution >= 4 is 11.6 Å². The Balaban J connectivity index is 1.82. The van der Waals surface area contributed by atoms with Crippen molar-refractivity contribution < 1.29 is 9.47 Å². The zero-order chi connectivity index (χ0) is 13.2. The fraction of sp³-hybridized carbons (Fsp3) is 0.600. The Hall–Kier alpha value is -0.930. The van der Waals surface area contributed by atoms with Gasteiger partial charge in [0.15, 0.2) is 11.5 Å². The van der Waals surface area contributed by atoms with Crippen LogP contribution in [0.1, 0.15) is 30.7 Å². The van der Waals surface area contributed by atoms with Crippen LogP contribution in [0.5, 0.6) is 11.5 Å². The molecule has 1 heterocycles. The Morgan fingerprint density at radius 1 is 1.32 bits per heavy atom. The molecule has 0 amide bonds. The van der Waals surface area contributed by atoms with Crippen LogP contribution in [0.4, 0.5) is 0 Å². The highest BCUT2D eigenvalue weighted by Crippen LogP contribution is 2.40. The first kappa shape index (κ1) is 13.1. The van der Waals surface area contributed by atoms with E-state index in [9.17, 15) is 0 Å². The van der Waals surface area contributed by atoms with Gasteiger partial charge in [-0.05, 0) is 55.3 Å². The molecule has 1 saturated heterocycles. The summed E-state index contributed by atoms with van der Waals surface area (Å²) >= 11 is 6.37. The van der Waals surface area contributed by atoms with Gasteiger partial charge in [-0.25, -0.2) is 0 Å². The fourth-order valence-corrected chi connectivity index (χ4v) is 2.81. The van der Waals surface area contributed by atoms with E-state index in [0.717, 1.165) is 31.9 Å². The van der Waals surface area contributed by atoms with Crippen molar-refractivity contribution in [3.8, 4) is 11.5 Å². The number of methoxy groups -OCH3 is 1. The Bertz CT molecular complexity index is 454. The van der Waals surface area contributed by atoms with Crippen molar-refractivity contribution in [1.82, 2.24) is 5.32 Å². The Kier molecular flexibility index (Phi) is 3.85. The van der Waals surface area contributed by atoms with Crippen molar-refractivity contribution in [1.29, 1.82) is 0 Å². The van der Waals surface area contributed by atoms with E-state index in [4.69, 9.17) is 21.1 Å². The van der Waals surface area contributed by atoms with Gasteiger partial charge in [-0.2, -0.15) is 0 Å². The number of nitrogens with one attached hydrogen (secondary N) is 1. The van der Waals surface area contributed by atoms with Gasteiger partial charge in [0.05, 0.1) is 18.7 Å². The van der Waals surface area contributed by atoms with E-state index in [2.05, 4.69) is 11.4 Å². The van der Waals surface area contributed by atoms with E-state index >= 15 is 0 Å². The van der Waals surface area contributed by atoms with Crippen LogP contribution in [-0.4, -0.2) is 26.8 Å². The standard InChI is InChI=1S/C15H20ClNO2/c1-18-14-7-12(11-4-5-17-8-11)6-13(16)15(14)19-9-10-2-3-10/h6-7,10-11,17H,2-5,8-9H2,1H3. The summed E-state index contributed by atoms with van der Waals surface area (Å²) in [4.78, 5) is 0. The number of hydrogen-bond acceptors (Lipinski definition) is 3. The average Bonchev–Trinajstić information content (AvgIpc) is 3.08. The fourth-order valence-electron chi connectivity index (χ4n) is 2.54. The molecule has 4 heteroatoms. The lowest BCUT2D eigenvalue weighted by atomic mass is 9.98. The van der Waals surface area contributed by atoms with Gasteiger partial charge in [0.25, 0.3) is 0 Å². The van der Waals surface area contributed by atoms with E-state index < -0.39 is 0 Å². The van der Waals surface area contributed by atoms with Crippen LogP contribution in [0.2, 0.25) is 5.02 Å². The third-order valence-corrected chi connectivity index (χ3v) is 4.22. The van der Waals surface area contributed by atoms with Crippen LogP contribution < -0.4 is 14.8 Å². The molecule has 0 spiro atoms. The molecule has 2 fully saturated rings. The zero-order valence-electron chi connectivity index (χ0n) is 11.2. The number of ether oxygens (including phenoxy) is 2. The maximum atomic E-state index is 6.37. The van der Waals surface area contributed by atoms with Crippen molar-refractivity contribution in [3.05, 3.63) is 22.7 Å². The van der Waals surface area contributed by atoms with E-state index in [-0.39, 0.29) is 0 Å². The first-order valence-corrected chi connectivity index (χ1v) is 7.36. The van der Waals surface area contributed by atoms with Crippen molar-refractivity contribution in [3.63, 3.8) is 0 Å². The predicted molar refractivity (Wildman–Crippen MR) is 76.5 cm³/mol. The second kappa shape index (κ2) is 5.59. The van der Waals surface area contributed by atoms with Gasteiger partial charge in [0.2, 0.25) is 0 Å². The molecule has 1 atom stereocenters. The first-order valence-electron chi connectivity index (χ1n) is 6.99. The lowest BCUT2D eigenvalue weighted by Gasteiger charge is -2.16. The van der Waals surface area contributed by atoms with Crippen LogP contribution in [0, 0.1) is 5.92 Å². The lowest BCUT2D eigenvalue weighted by molar-refractivity contribution is 0.280. The average molecular weight is 282 g/mol. The number of hydrogen-bond donors (Lipinski definition) is 1. The molecule has 1 aromatic rings.